The van der Waals surface area contributed by atoms with E-state index < -0.39 is 11.8 Å². The first kappa shape index (κ1) is 20.6. The highest BCUT2D eigenvalue weighted by atomic mass is 16.5. The topological polar surface area (TPSA) is 109 Å². The fraction of sp³-hybridized carbons (Fsp3) is 0.200. The largest absolute Gasteiger partial charge is 0.484 e. The zero-order valence-electron chi connectivity index (χ0n) is 15.9. The Morgan fingerprint density at radius 3 is 2.43 bits per heavy atom. The molecule has 0 aromatic heterocycles. The average molecular weight is 382 g/mol. The molecule has 0 bridgehead atoms. The molecule has 0 radical (unpaired) electrons. The van der Waals surface area contributed by atoms with Gasteiger partial charge in [0.1, 0.15) is 5.75 Å². The summed E-state index contributed by atoms with van der Waals surface area (Å²) >= 11 is 0. The lowest BCUT2D eigenvalue weighted by atomic mass is 10.1. The maximum atomic E-state index is 12.1. The zero-order valence-corrected chi connectivity index (χ0v) is 15.9. The fourth-order valence-electron chi connectivity index (χ4n) is 2.41. The van der Waals surface area contributed by atoms with Gasteiger partial charge in [-0.15, -0.1) is 0 Å². The zero-order chi connectivity index (χ0) is 20.5. The fourth-order valence-corrected chi connectivity index (χ4v) is 2.41. The van der Waals surface area contributed by atoms with Crippen LogP contribution in [-0.2, 0) is 14.4 Å². The van der Waals surface area contributed by atoms with Gasteiger partial charge in [0, 0.05) is 12.7 Å². The molecule has 0 heterocycles. The first-order chi connectivity index (χ1) is 13.4. The number of hydrogen-bond donors (Lipinski definition) is 3. The van der Waals surface area contributed by atoms with Gasteiger partial charge in [0.15, 0.2) is 6.61 Å². The number of rotatable bonds is 6. The van der Waals surface area contributed by atoms with Crippen molar-refractivity contribution < 1.29 is 19.1 Å². The number of likely N-dealkylation sites (N-methyl/N-ethyl adjacent to an activating group) is 1. The first-order valence-electron chi connectivity index (χ1n) is 8.53. The van der Waals surface area contributed by atoms with Gasteiger partial charge in [0.2, 0.25) is 0 Å². The van der Waals surface area contributed by atoms with Gasteiger partial charge < -0.3 is 15.4 Å². The molecule has 0 aliphatic rings. The van der Waals surface area contributed by atoms with E-state index in [1.54, 1.807) is 24.3 Å². The highest BCUT2D eigenvalue weighted by Crippen LogP contribution is 2.15. The molecule has 0 aliphatic heterocycles. The van der Waals surface area contributed by atoms with Crippen LogP contribution < -0.4 is 20.8 Å². The Bertz CT molecular complexity index is 889. The van der Waals surface area contributed by atoms with Crippen LogP contribution in [0.2, 0.25) is 0 Å². The minimum Gasteiger partial charge on any atom is -0.484 e. The Morgan fingerprint density at radius 1 is 1.04 bits per heavy atom. The number of ether oxygens (including phenoxy) is 1. The van der Waals surface area contributed by atoms with Crippen molar-refractivity contribution in [1.82, 2.24) is 10.7 Å². The van der Waals surface area contributed by atoms with Gasteiger partial charge in [-0.2, -0.15) is 5.10 Å². The predicted octanol–water partition coefficient (Wildman–Crippen LogP) is 1.52. The summed E-state index contributed by atoms with van der Waals surface area (Å²) in [5, 5.41) is 8.69. The summed E-state index contributed by atoms with van der Waals surface area (Å²) in [6, 6.07) is 12.6. The number of carbonyl (C=O) groups is 3. The number of nitrogens with zero attached hydrogens (tertiary/aromatic N) is 1. The monoisotopic (exact) mass is 382 g/mol. The quantitative estimate of drug-likeness (QED) is 0.400. The summed E-state index contributed by atoms with van der Waals surface area (Å²) < 4.78 is 5.50. The van der Waals surface area contributed by atoms with Crippen LogP contribution in [0.1, 0.15) is 16.7 Å². The molecule has 28 heavy (non-hydrogen) atoms. The van der Waals surface area contributed by atoms with E-state index in [0.29, 0.717) is 11.3 Å². The van der Waals surface area contributed by atoms with E-state index in [1.165, 1.54) is 13.3 Å². The molecular formula is C20H22N4O4. The summed E-state index contributed by atoms with van der Waals surface area (Å²) in [6.45, 7) is 3.77. The molecule has 0 spiro atoms. The third kappa shape index (κ3) is 6.56. The van der Waals surface area contributed by atoms with Crippen molar-refractivity contribution in [2.75, 3.05) is 19.0 Å². The third-order valence-electron chi connectivity index (χ3n) is 3.55. The third-order valence-corrected chi connectivity index (χ3v) is 3.55. The molecule has 2 aromatic rings. The van der Waals surface area contributed by atoms with Crippen molar-refractivity contribution in [2.45, 2.75) is 13.8 Å². The number of hydrogen-bond acceptors (Lipinski definition) is 5. The highest BCUT2D eigenvalue weighted by Gasteiger charge is 2.09. The van der Waals surface area contributed by atoms with Gasteiger partial charge in [0.05, 0.1) is 6.21 Å². The van der Waals surface area contributed by atoms with Crippen LogP contribution in [0.5, 0.6) is 5.75 Å². The number of nitrogens with one attached hydrogen (secondary N) is 3. The van der Waals surface area contributed by atoms with Crippen LogP contribution in [0.15, 0.2) is 47.6 Å². The van der Waals surface area contributed by atoms with Crippen molar-refractivity contribution in [3.63, 3.8) is 0 Å². The maximum absolute atomic E-state index is 12.1. The summed E-state index contributed by atoms with van der Waals surface area (Å²) in [5.41, 5.74) is 5.58. The number of amides is 3. The predicted molar refractivity (Wildman–Crippen MR) is 106 cm³/mol. The summed E-state index contributed by atoms with van der Waals surface area (Å²) in [5.74, 6) is -1.46. The number of carbonyl (C=O) groups excluding carboxylic acids is 3. The van der Waals surface area contributed by atoms with Gasteiger partial charge in [-0.3, -0.25) is 14.4 Å². The first-order valence-corrected chi connectivity index (χ1v) is 8.53. The minimum atomic E-state index is -0.866. The van der Waals surface area contributed by atoms with Gasteiger partial charge in [-0.05, 0) is 54.8 Å². The van der Waals surface area contributed by atoms with E-state index in [9.17, 15) is 14.4 Å². The molecule has 0 saturated heterocycles. The van der Waals surface area contributed by atoms with E-state index in [2.05, 4.69) is 21.2 Å². The molecule has 2 rings (SSSR count). The van der Waals surface area contributed by atoms with Crippen molar-refractivity contribution in [3.05, 3.63) is 59.2 Å². The van der Waals surface area contributed by atoms with Crippen LogP contribution in [0.4, 0.5) is 5.69 Å². The molecule has 8 heteroatoms. The number of hydrazone groups is 1. The average Bonchev–Trinajstić information content (AvgIpc) is 2.65. The van der Waals surface area contributed by atoms with Crippen molar-refractivity contribution in [1.29, 1.82) is 0 Å². The smallest absolute Gasteiger partial charge is 0.329 e. The van der Waals surface area contributed by atoms with E-state index in [-0.39, 0.29) is 12.5 Å². The molecule has 0 aliphatic carbocycles. The standard InChI is InChI=1S/C20H22N4O4/c1-13-7-14(2)9-16(8-13)23-18(25)12-28-17-6-4-5-15(10-17)11-22-24-20(27)19(26)21-3/h4-11H,12H2,1-3H3,(H,21,26)(H,23,25)(H,24,27)/b22-11-. The summed E-state index contributed by atoms with van der Waals surface area (Å²) in [6.07, 6.45) is 1.36. The van der Waals surface area contributed by atoms with Crippen molar-refractivity contribution >= 4 is 29.6 Å². The van der Waals surface area contributed by atoms with Gasteiger partial charge in [-0.1, -0.05) is 18.2 Å². The van der Waals surface area contributed by atoms with E-state index in [0.717, 1.165) is 16.8 Å². The van der Waals surface area contributed by atoms with E-state index in [4.69, 9.17) is 4.74 Å². The summed E-state index contributed by atoms with van der Waals surface area (Å²) in [4.78, 5) is 34.5. The second-order valence-electron chi connectivity index (χ2n) is 6.06. The minimum absolute atomic E-state index is 0.152. The highest BCUT2D eigenvalue weighted by molar-refractivity contribution is 6.35. The molecule has 3 amide bonds. The Kier molecular flexibility index (Phi) is 7.27. The molecule has 8 nitrogen and oxygen atoms in total. The molecular weight excluding hydrogens is 360 g/mol. The molecule has 0 fully saturated rings. The van der Waals surface area contributed by atoms with Gasteiger partial charge in [-0.25, -0.2) is 5.43 Å². The lowest BCUT2D eigenvalue weighted by Crippen LogP contribution is -2.35. The maximum Gasteiger partial charge on any atom is 0.329 e. The Balaban J connectivity index is 1.89. The Labute approximate surface area is 163 Å². The van der Waals surface area contributed by atoms with Crippen molar-refractivity contribution in [3.8, 4) is 5.75 Å². The van der Waals surface area contributed by atoms with Crippen LogP contribution >= 0.6 is 0 Å². The Morgan fingerprint density at radius 2 is 1.75 bits per heavy atom. The number of aryl methyl sites for hydroxylation is 2. The SMILES string of the molecule is CNC(=O)C(=O)N/N=C\c1cccc(OCC(=O)Nc2cc(C)cc(C)c2)c1. The molecule has 0 atom stereocenters. The molecule has 3 N–H and O–H groups in total. The number of benzene rings is 2. The van der Waals surface area contributed by atoms with Gasteiger partial charge >= 0.3 is 11.8 Å². The molecule has 0 saturated carbocycles. The number of anilines is 1. The van der Waals surface area contributed by atoms with Crippen LogP contribution in [-0.4, -0.2) is 37.6 Å². The molecule has 0 unspecified atom stereocenters. The van der Waals surface area contributed by atoms with Crippen LogP contribution in [0.25, 0.3) is 0 Å². The molecule has 146 valence electrons. The van der Waals surface area contributed by atoms with E-state index >= 15 is 0 Å². The van der Waals surface area contributed by atoms with Crippen molar-refractivity contribution in [2.24, 2.45) is 5.10 Å². The second-order valence-corrected chi connectivity index (χ2v) is 6.06. The summed E-state index contributed by atoms with van der Waals surface area (Å²) in [7, 11) is 1.35. The normalized spacial score (nSPS) is 10.4. The molecule has 2 aromatic carbocycles. The Hall–Kier alpha value is -3.68. The van der Waals surface area contributed by atoms with E-state index in [1.807, 2.05) is 32.0 Å². The lowest BCUT2D eigenvalue weighted by Gasteiger charge is -2.09. The van der Waals surface area contributed by atoms with Crippen LogP contribution in [0, 0.1) is 13.8 Å². The second kappa shape index (κ2) is 9.86. The lowest BCUT2D eigenvalue weighted by molar-refractivity contribution is -0.138. The van der Waals surface area contributed by atoms with Gasteiger partial charge in [0.25, 0.3) is 5.91 Å². The van der Waals surface area contributed by atoms with Crippen LogP contribution in [0.3, 0.4) is 0 Å².